The Hall–Kier alpha value is -1.60. The summed E-state index contributed by atoms with van der Waals surface area (Å²) in [7, 11) is -2.21. The van der Waals surface area contributed by atoms with Crippen LogP contribution in [0.1, 0.15) is 23.2 Å². The molecule has 2 aromatic rings. The molecule has 1 aliphatic carbocycles. The maximum Gasteiger partial charge on any atom is 0.259 e. The Morgan fingerprint density at radius 2 is 1.76 bits per heavy atom. The third-order valence-corrected chi connectivity index (χ3v) is 6.19. The summed E-state index contributed by atoms with van der Waals surface area (Å²) in [6.45, 7) is 0. The van der Waals surface area contributed by atoms with Crippen LogP contribution in [0.25, 0.3) is 0 Å². The fourth-order valence-corrected chi connectivity index (χ4v) is 4.49. The number of amides is 1. The predicted octanol–water partition coefficient (Wildman–Crippen LogP) is 3.71. The average Bonchev–Trinajstić information content (AvgIpc) is 3.37. The van der Waals surface area contributed by atoms with Gasteiger partial charge in [0.05, 0.1) is 15.6 Å². The van der Waals surface area contributed by atoms with Crippen molar-refractivity contribution < 1.29 is 13.2 Å². The van der Waals surface area contributed by atoms with Crippen LogP contribution < -0.4 is 9.62 Å². The fraction of sp³-hybridized carbons (Fsp3) is 0.235. The lowest BCUT2D eigenvalue weighted by Crippen LogP contribution is -2.28. The highest BCUT2D eigenvalue weighted by Crippen LogP contribution is 2.31. The monoisotopic (exact) mass is 398 g/mol. The smallest absolute Gasteiger partial charge is 0.259 e. The molecule has 0 aliphatic heterocycles. The maximum absolute atomic E-state index is 12.8. The van der Waals surface area contributed by atoms with Gasteiger partial charge in [-0.3, -0.25) is 4.79 Å². The Morgan fingerprint density at radius 1 is 1.12 bits per heavy atom. The maximum atomic E-state index is 12.8. The lowest BCUT2D eigenvalue weighted by atomic mass is 10.2. The van der Waals surface area contributed by atoms with Gasteiger partial charge in [-0.1, -0.05) is 41.4 Å². The fourth-order valence-electron chi connectivity index (χ4n) is 2.33. The second-order valence-corrected chi connectivity index (χ2v) is 8.35. The molecule has 1 N–H and O–H groups in total. The molecular formula is C17H16Cl2N2O3S. The van der Waals surface area contributed by atoms with E-state index in [0.29, 0.717) is 5.69 Å². The van der Waals surface area contributed by atoms with E-state index in [0.717, 1.165) is 12.8 Å². The van der Waals surface area contributed by atoms with Gasteiger partial charge < -0.3 is 4.90 Å². The molecule has 0 heterocycles. The normalized spacial score (nSPS) is 14.4. The van der Waals surface area contributed by atoms with Crippen LogP contribution in [0.4, 0.5) is 5.69 Å². The Morgan fingerprint density at radius 3 is 2.36 bits per heavy atom. The third kappa shape index (κ3) is 3.98. The molecule has 1 fully saturated rings. The van der Waals surface area contributed by atoms with Crippen LogP contribution in [0.5, 0.6) is 0 Å². The first-order valence-electron chi connectivity index (χ1n) is 7.64. The van der Waals surface area contributed by atoms with Crippen LogP contribution in [0, 0.1) is 0 Å². The lowest BCUT2D eigenvalue weighted by molar-refractivity contribution is 0.0993. The zero-order valence-corrected chi connectivity index (χ0v) is 15.7. The Bertz CT molecular complexity index is 913. The second kappa shape index (κ2) is 6.96. The molecule has 3 rings (SSSR count). The Labute approximate surface area is 156 Å². The van der Waals surface area contributed by atoms with Gasteiger partial charge in [-0.25, -0.2) is 13.1 Å². The first-order valence-corrected chi connectivity index (χ1v) is 9.88. The molecule has 0 bridgehead atoms. The summed E-state index contributed by atoms with van der Waals surface area (Å²) in [5.74, 6) is -0.421. The molecule has 25 heavy (non-hydrogen) atoms. The highest BCUT2D eigenvalue weighted by molar-refractivity contribution is 7.89. The van der Waals surface area contributed by atoms with Crippen molar-refractivity contribution in [2.75, 3.05) is 11.9 Å². The molecule has 0 aromatic heterocycles. The Balaban J connectivity index is 1.98. The molecule has 0 spiro atoms. The van der Waals surface area contributed by atoms with Crippen LogP contribution in [0.2, 0.25) is 10.0 Å². The number of halogens is 2. The molecule has 2 aromatic carbocycles. The van der Waals surface area contributed by atoms with E-state index in [4.69, 9.17) is 23.2 Å². The first kappa shape index (κ1) is 18.2. The summed E-state index contributed by atoms with van der Waals surface area (Å²) >= 11 is 12.2. The highest BCUT2D eigenvalue weighted by Gasteiger charge is 2.30. The van der Waals surface area contributed by atoms with Crippen molar-refractivity contribution in [1.29, 1.82) is 0 Å². The van der Waals surface area contributed by atoms with E-state index in [1.165, 1.54) is 17.0 Å². The van der Waals surface area contributed by atoms with Crippen molar-refractivity contribution in [3.8, 4) is 0 Å². The number of hydrogen-bond donors (Lipinski definition) is 1. The standard InChI is InChI=1S/C17H16Cl2N2O3S/c1-21(12-5-3-2-4-6-12)17(22)13-9-16(15(19)10-14(13)18)25(23,24)20-11-7-8-11/h2-6,9-11,20H,7-8H2,1H3. The molecule has 5 nitrogen and oxygen atoms in total. The van der Waals surface area contributed by atoms with Crippen molar-refractivity contribution in [3.05, 3.63) is 58.1 Å². The molecular weight excluding hydrogens is 383 g/mol. The summed E-state index contributed by atoms with van der Waals surface area (Å²) in [6.07, 6.45) is 1.60. The van der Waals surface area contributed by atoms with E-state index < -0.39 is 15.9 Å². The largest absolute Gasteiger partial charge is 0.311 e. The van der Waals surface area contributed by atoms with E-state index in [-0.39, 0.29) is 26.5 Å². The van der Waals surface area contributed by atoms with E-state index in [9.17, 15) is 13.2 Å². The van der Waals surface area contributed by atoms with Crippen LogP contribution in [-0.4, -0.2) is 27.4 Å². The van der Waals surface area contributed by atoms with Gasteiger partial charge in [0, 0.05) is 18.8 Å². The molecule has 0 atom stereocenters. The van der Waals surface area contributed by atoms with Crippen molar-refractivity contribution in [2.45, 2.75) is 23.8 Å². The number of nitrogens with one attached hydrogen (secondary N) is 1. The molecule has 0 unspecified atom stereocenters. The molecule has 0 saturated heterocycles. The number of carbonyl (C=O) groups is 1. The minimum absolute atomic E-state index is 0.0166. The van der Waals surface area contributed by atoms with Gasteiger partial charge in [-0.2, -0.15) is 0 Å². The van der Waals surface area contributed by atoms with E-state index in [1.807, 2.05) is 6.07 Å². The van der Waals surface area contributed by atoms with E-state index in [1.54, 1.807) is 31.3 Å². The zero-order valence-electron chi connectivity index (χ0n) is 13.4. The number of para-hydroxylation sites is 1. The SMILES string of the molecule is CN(C(=O)c1cc(S(=O)(=O)NC2CC2)c(Cl)cc1Cl)c1ccccc1. The number of rotatable bonds is 5. The topological polar surface area (TPSA) is 66.5 Å². The lowest BCUT2D eigenvalue weighted by Gasteiger charge is -2.19. The zero-order chi connectivity index (χ0) is 18.2. The van der Waals surface area contributed by atoms with Crippen LogP contribution in [0.3, 0.4) is 0 Å². The summed E-state index contributed by atoms with van der Waals surface area (Å²) in [4.78, 5) is 14.0. The summed E-state index contributed by atoms with van der Waals surface area (Å²) in [5.41, 5.74) is 0.743. The van der Waals surface area contributed by atoms with E-state index >= 15 is 0 Å². The van der Waals surface area contributed by atoms with Crippen molar-refractivity contribution in [2.24, 2.45) is 0 Å². The number of hydrogen-bond acceptors (Lipinski definition) is 3. The predicted molar refractivity (Wildman–Crippen MR) is 99.0 cm³/mol. The number of anilines is 1. The van der Waals surface area contributed by atoms with Gasteiger partial charge in [0.15, 0.2) is 0 Å². The van der Waals surface area contributed by atoms with Gasteiger partial charge >= 0.3 is 0 Å². The number of nitrogens with zero attached hydrogens (tertiary/aromatic N) is 1. The second-order valence-electron chi connectivity index (χ2n) is 5.86. The molecule has 132 valence electrons. The molecule has 8 heteroatoms. The summed E-state index contributed by atoms with van der Waals surface area (Å²) in [5, 5.41) is 0.0835. The van der Waals surface area contributed by atoms with Crippen molar-refractivity contribution in [1.82, 2.24) is 4.72 Å². The van der Waals surface area contributed by atoms with Gasteiger partial charge in [-0.15, -0.1) is 0 Å². The van der Waals surface area contributed by atoms with Crippen LogP contribution in [-0.2, 0) is 10.0 Å². The quantitative estimate of drug-likeness (QED) is 0.834. The first-order chi connectivity index (χ1) is 11.8. The highest BCUT2D eigenvalue weighted by atomic mass is 35.5. The summed E-state index contributed by atoms with van der Waals surface area (Å²) < 4.78 is 27.5. The van der Waals surface area contributed by atoms with Gasteiger partial charge in [-0.05, 0) is 37.1 Å². The van der Waals surface area contributed by atoms with Gasteiger partial charge in [0.2, 0.25) is 10.0 Å². The van der Waals surface area contributed by atoms with Crippen molar-refractivity contribution in [3.63, 3.8) is 0 Å². The Kier molecular flexibility index (Phi) is 5.06. The minimum Gasteiger partial charge on any atom is -0.311 e. The molecule has 1 saturated carbocycles. The molecule has 1 amide bonds. The van der Waals surface area contributed by atoms with E-state index in [2.05, 4.69) is 4.72 Å². The summed E-state index contributed by atoms with van der Waals surface area (Å²) in [6, 6.07) is 11.4. The number of sulfonamides is 1. The van der Waals surface area contributed by atoms with Crippen molar-refractivity contribution >= 4 is 44.8 Å². The molecule has 1 aliphatic rings. The molecule has 0 radical (unpaired) electrons. The van der Waals surface area contributed by atoms with Crippen LogP contribution >= 0.6 is 23.2 Å². The number of carbonyl (C=O) groups excluding carboxylic acids is 1. The third-order valence-electron chi connectivity index (χ3n) is 3.89. The van der Waals surface area contributed by atoms with Crippen LogP contribution in [0.15, 0.2) is 47.4 Å². The minimum atomic E-state index is -3.80. The van der Waals surface area contributed by atoms with Gasteiger partial charge in [0.1, 0.15) is 4.90 Å². The number of benzene rings is 2. The average molecular weight is 399 g/mol. The van der Waals surface area contributed by atoms with Gasteiger partial charge in [0.25, 0.3) is 5.91 Å².